The predicted molar refractivity (Wildman–Crippen MR) is 87.0 cm³/mol. The molecule has 1 aromatic heterocycles. The standard InChI is InChI=1S/C18H23N3O/c1-12(10-17-11-13(2)20-21-17)19-18(22)16-8-6-15(7-9-16)14-4-3-5-14/h6-9,11-12,14H,3-5,10H2,1-2H3,(H,19,22)(H,20,21). The topological polar surface area (TPSA) is 57.8 Å². The van der Waals surface area contributed by atoms with Gasteiger partial charge in [-0.05, 0) is 56.4 Å². The van der Waals surface area contributed by atoms with Crippen LogP contribution in [0.15, 0.2) is 30.3 Å². The van der Waals surface area contributed by atoms with Crippen LogP contribution in [0.25, 0.3) is 0 Å². The fraction of sp³-hybridized carbons (Fsp3) is 0.444. The van der Waals surface area contributed by atoms with E-state index in [9.17, 15) is 4.79 Å². The molecule has 0 bridgehead atoms. The highest BCUT2D eigenvalue weighted by atomic mass is 16.1. The highest BCUT2D eigenvalue weighted by molar-refractivity contribution is 5.94. The molecule has 1 saturated carbocycles. The first kappa shape index (κ1) is 14.8. The van der Waals surface area contributed by atoms with Crippen LogP contribution >= 0.6 is 0 Å². The average molecular weight is 297 g/mol. The van der Waals surface area contributed by atoms with E-state index in [-0.39, 0.29) is 11.9 Å². The van der Waals surface area contributed by atoms with Crippen LogP contribution < -0.4 is 5.32 Å². The van der Waals surface area contributed by atoms with Crippen molar-refractivity contribution in [3.8, 4) is 0 Å². The summed E-state index contributed by atoms with van der Waals surface area (Å²) < 4.78 is 0. The molecule has 1 unspecified atom stereocenters. The second-order valence-electron chi connectivity index (χ2n) is 6.37. The largest absolute Gasteiger partial charge is 0.349 e. The van der Waals surface area contributed by atoms with Crippen LogP contribution in [-0.2, 0) is 6.42 Å². The van der Waals surface area contributed by atoms with E-state index < -0.39 is 0 Å². The van der Waals surface area contributed by atoms with Gasteiger partial charge in [0.05, 0.1) is 5.69 Å². The van der Waals surface area contributed by atoms with Gasteiger partial charge in [0.2, 0.25) is 0 Å². The Labute approximate surface area is 131 Å². The summed E-state index contributed by atoms with van der Waals surface area (Å²) in [4.78, 5) is 12.3. The zero-order valence-electron chi connectivity index (χ0n) is 13.2. The molecule has 1 fully saturated rings. The van der Waals surface area contributed by atoms with E-state index in [0.29, 0.717) is 5.92 Å². The zero-order valence-corrected chi connectivity index (χ0v) is 13.2. The minimum atomic E-state index is -0.0140. The third-order valence-corrected chi connectivity index (χ3v) is 4.40. The van der Waals surface area contributed by atoms with E-state index >= 15 is 0 Å². The number of H-pyrrole nitrogens is 1. The summed E-state index contributed by atoms with van der Waals surface area (Å²) in [6.45, 7) is 3.98. The number of hydrogen-bond donors (Lipinski definition) is 2. The molecule has 2 N–H and O–H groups in total. The van der Waals surface area contributed by atoms with E-state index in [1.165, 1.54) is 24.8 Å². The molecule has 4 nitrogen and oxygen atoms in total. The van der Waals surface area contributed by atoms with Crippen molar-refractivity contribution < 1.29 is 4.79 Å². The SMILES string of the molecule is Cc1cc(CC(C)NC(=O)c2ccc(C3CCC3)cc2)n[nH]1. The number of carbonyl (C=O) groups excluding carboxylic acids is 1. The highest BCUT2D eigenvalue weighted by Crippen LogP contribution is 2.36. The highest BCUT2D eigenvalue weighted by Gasteiger charge is 2.19. The molecule has 0 radical (unpaired) electrons. The van der Waals surface area contributed by atoms with Crippen LogP contribution in [-0.4, -0.2) is 22.1 Å². The van der Waals surface area contributed by atoms with Gasteiger partial charge >= 0.3 is 0 Å². The number of nitrogens with zero attached hydrogens (tertiary/aromatic N) is 1. The summed E-state index contributed by atoms with van der Waals surface area (Å²) in [6, 6.07) is 10.1. The second-order valence-corrected chi connectivity index (χ2v) is 6.37. The summed E-state index contributed by atoms with van der Waals surface area (Å²) in [6.07, 6.45) is 4.63. The number of nitrogens with one attached hydrogen (secondary N) is 2. The predicted octanol–water partition coefficient (Wildman–Crippen LogP) is 3.35. The molecule has 1 amide bonds. The van der Waals surface area contributed by atoms with Gasteiger partial charge < -0.3 is 5.32 Å². The van der Waals surface area contributed by atoms with E-state index in [1.54, 1.807) is 0 Å². The summed E-state index contributed by atoms with van der Waals surface area (Å²) >= 11 is 0. The van der Waals surface area contributed by atoms with E-state index in [1.807, 2.05) is 32.0 Å². The lowest BCUT2D eigenvalue weighted by atomic mass is 9.80. The molecule has 2 aromatic rings. The molecule has 4 heteroatoms. The number of benzene rings is 1. The van der Waals surface area contributed by atoms with Gasteiger partial charge in [0.25, 0.3) is 5.91 Å². The minimum absolute atomic E-state index is 0.0140. The number of rotatable bonds is 5. The lowest BCUT2D eigenvalue weighted by molar-refractivity contribution is 0.0940. The Morgan fingerprint density at radius 2 is 2.09 bits per heavy atom. The minimum Gasteiger partial charge on any atom is -0.349 e. The molecule has 0 aliphatic heterocycles. The van der Waals surface area contributed by atoms with Gasteiger partial charge in [-0.15, -0.1) is 0 Å². The van der Waals surface area contributed by atoms with Crippen molar-refractivity contribution in [3.05, 3.63) is 52.8 Å². The van der Waals surface area contributed by atoms with Gasteiger partial charge in [-0.2, -0.15) is 5.10 Å². The summed E-state index contributed by atoms with van der Waals surface area (Å²) in [5.74, 6) is 0.693. The Bertz CT molecular complexity index is 641. The third kappa shape index (κ3) is 3.38. The van der Waals surface area contributed by atoms with Crippen molar-refractivity contribution in [2.75, 3.05) is 0 Å². The lowest BCUT2D eigenvalue weighted by Gasteiger charge is -2.25. The maximum absolute atomic E-state index is 12.3. The van der Waals surface area contributed by atoms with Crippen LogP contribution in [0.5, 0.6) is 0 Å². The van der Waals surface area contributed by atoms with E-state index in [4.69, 9.17) is 0 Å². The number of aromatic nitrogens is 2. The third-order valence-electron chi connectivity index (χ3n) is 4.40. The van der Waals surface area contributed by atoms with E-state index in [0.717, 1.165) is 23.4 Å². The first-order valence-electron chi connectivity index (χ1n) is 8.03. The maximum Gasteiger partial charge on any atom is 0.251 e. The number of hydrogen-bond acceptors (Lipinski definition) is 2. The number of aryl methyl sites for hydroxylation is 1. The summed E-state index contributed by atoms with van der Waals surface area (Å²) in [5, 5.41) is 10.2. The first-order chi connectivity index (χ1) is 10.6. The fourth-order valence-electron chi connectivity index (χ4n) is 2.90. The summed E-state index contributed by atoms with van der Waals surface area (Å²) in [7, 11) is 0. The number of amides is 1. The van der Waals surface area contributed by atoms with Crippen molar-refractivity contribution >= 4 is 5.91 Å². The van der Waals surface area contributed by atoms with Crippen LogP contribution in [0.3, 0.4) is 0 Å². The Morgan fingerprint density at radius 1 is 1.36 bits per heavy atom. The van der Waals surface area contributed by atoms with Crippen molar-refractivity contribution in [2.45, 2.75) is 51.5 Å². The number of carbonyl (C=O) groups is 1. The molecule has 3 rings (SSSR count). The normalized spacial score (nSPS) is 16.1. The Balaban J connectivity index is 1.56. The fourth-order valence-corrected chi connectivity index (χ4v) is 2.90. The van der Waals surface area contributed by atoms with Gasteiger partial charge in [-0.3, -0.25) is 9.89 Å². The Kier molecular flexibility index (Phi) is 4.27. The molecule has 0 spiro atoms. The first-order valence-corrected chi connectivity index (χ1v) is 8.03. The zero-order chi connectivity index (χ0) is 15.5. The van der Waals surface area contributed by atoms with Crippen LogP contribution in [0.1, 0.15) is 59.4 Å². The molecule has 0 saturated heterocycles. The molecule has 116 valence electrons. The van der Waals surface area contributed by atoms with Crippen LogP contribution in [0, 0.1) is 6.92 Å². The molecular formula is C18H23N3O. The number of aromatic amines is 1. The molecule has 1 atom stereocenters. The van der Waals surface area contributed by atoms with Crippen LogP contribution in [0.4, 0.5) is 0 Å². The van der Waals surface area contributed by atoms with Crippen molar-refractivity contribution in [1.82, 2.24) is 15.5 Å². The summed E-state index contributed by atoms with van der Waals surface area (Å²) in [5.41, 5.74) is 4.11. The maximum atomic E-state index is 12.3. The van der Waals surface area contributed by atoms with Crippen molar-refractivity contribution in [3.63, 3.8) is 0 Å². The Morgan fingerprint density at radius 3 is 2.64 bits per heavy atom. The van der Waals surface area contributed by atoms with Gasteiger partial charge in [-0.1, -0.05) is 18.6 Å². The van der Waals surface area contributed by atoms with Crippen molar-refractivity contribution in [1.29, 1.82) is 0 Å². The molecule has 1 aliphatic carbocycles. The van der Waals surface area contributed by atoms with Crippen molar-refractivity contribution in [2.24, 2.45) is 0 Å². The van der Waals surface area contributed by atoms with Gasteiger partial charge in [0.1, 0.15) is 0 Å². The molecular weight excluding hydrogens is 274 g/mol. The molecule has 1 aliphatic rings. The monoisotopic (exact) mass is 297 g/mol. The van der Waals surface area contributed by atoms with Gasteiger partial charge in [0, 0.05) is 23.7 Å². The van der Waals surface area contributed by atoms with Gasteiger partial charge in [-0.25, -0.2) is 0 Å². The quantitative estimate of drug-likeness (QED) is 0.889. The van der Waals surface area contributed by atoms with Crippen LogP contribution in [0.2, 0.25) is 0 Å². The molecule has 1 aromatic carbocycles. The molecule has 1 heterocycles. The second kappa shape index (κ2) is 6.34. The molecule has 22 heavy (non-hydrogen) atoms. The van der Waals surface area contributed by atoms with Gasteiger partial charge in [0.15, 0.2) is 0 Å². The average Bonchev–Trinajstić information content (AvgIpc) is 2.82. The Hall–Kier alpha value is -2.10. The lowest BCUT2D eigenvalue weighted by Crippen LogP contribution is -2.34. The smallest absolute Gasteiger partial charge is 0.251 e. The van der Waals surface area contributed by atoms with E-state index in [2.05, 4.69) is 27.6 Å².